The fourth-order valence-electron chi connectivity index (χ4n) is 0.452. The summed E-state index contributed by atoms with van der Waals surface area (Å²) in [5, 5.41) is 0.295. The molecule has 0 radical (unpaired) electrons. The lowest BCUT2D eigenvalue weighted by molar-refractivity contribution is 0.485. The topological polar surface area (TPSA) is 92.8 Å². The van der Waals surface area contributed by atoms with Gasteiger partial charge in [-0.25, -0.2) is 0 Å². The van der Waals surface area contributed by atoms with Gasteiger partial charge < -0.3 is 5.73 Å². The number of nitrogens with two attached hydrogens (primary N) is 1. The first-order valence-electron chi connectivity index (χ1n) is 3.44. The van der Waals surface area contributed by atoms with Gasteiger partial charge in [-0.15, -0.1) is 6.58 Å². The van der Waals surface area contributed by atoms with Crippen LogP contribution in [0.15, 0.2) is 17.6 Å². The third kappa shape index (κ3) is 9.38. The van der Waals surface area contributed by atoms with Crippen molar-refractivity contribution in [1.82, 2.24) is 0 Å². The minimum atomic E-state index is -3.89. The van der Waals surface area contributed by atoms with Gasteiger partial charge in [0.1, 0.15) is 0 Å². The molecule has 76 valence electrons. The molecule has 0 aliphatic heterocycles. The minimum Gasteiger partial charge on any atom is -0.379 e. The van der Waals surface area contributed by atoms with Gasteiger partial charge in [0.05, 0.1) is 12.3 Å². The first-order valence-corrected chi connectivity index (χ1v) is 6.04. The van der Waals surface area contributed by atoms with Gasteiger partial charge in [-0.3, -0.25) is 9.55 Å². The lowest BCUT2D eigenvalue weighted by Gasteiger charge is -1.97. The van der Waals surface area contributed by atoms with E-state index in [2.05, 4.69) is 11.6 Å². The maximum Gasteiger partial charge on any atom is 0.265 e. The Kier molecular flexibility index (Phi) is 5.76. The SMILES string of the molecule is C=CCN=C(N)SCCS(=O)(=O)O. The normalized spacial score (nSPS) is 12.8. The van der Waals surface area contributed by atoms with E-state index in [0.717, 1.165) is 11.8 Å². The first kappa shape index (κ1) is 12.5. The lowest BCUT2D eigenvalue weighted by atomic mass is 10.7. The highest BCUT2D eigenvalue weighted by Gasteiger charge is 2.04. The van der Waals surface area contributed by atoms with Crippen molar-refractivity contribution in [2.75, 3.05) is 18.1 Å². The average Bonchev–Trinajstić information content (AvgIpc) is 1.98. The summed E-state index contributed by atoms with van der Waals surface area (Å²) < 4.78 is 28.9. The van der Waals surface area contributed by atoms with E-state index in [0.29, 0.717) is 11.7 Å². The van der Waals surface area contributed by atoms with Gasteiger partial charge in [0.15, 0.2) is 5.17 Å². The molecule has 0 aromatic heterocycles. The number of aliphatic imine (C=N–C) groups is 1. The molecule has 3 N–H and O–H groups in total. The van der Waals surface area contributed by atoms with Crippen molar-refractivity contribution in [3.63, 3.8) is 0 Å². The highest BCUT2D eigenvalue weighted by molar-refractivity contribution is 8.14. The molecule has 13 heavy (non-hydrogen) atoms. The summed E-state index contributed by atoms with van der Waals surface area (Å²) in [6, 6.07) is 0. The summed E-state index contributed by atoms with van der Waals surface area (Å²) in [4.78, 5) is 3.83. The van der Waals surface area contributed by atoms with Crippen molar-refractivity contribution < 1.29 is 13.0 Å². The zero-order chi connectivity index (χ0) is 10.3. The van der Waals surface area contributed by atoms with E-state index in [-0.39, 0.29) is 11.5 Å². The van der Waals surface area contributed by atoms with Crippen molar-refractivity contribution in [1.29, 1.82) is 0 Å². The first-order chi connectivity index (χ1) is 5.95. The second-order valence-corrected chi connectivity index (χ2v) is 4.79. The molecule has 0 atom stereocenters. The van der Waals surface area contributed by atoms with E-state index >= 15 is 0 Å². The molecular formula is C6H12N2O3S2. The van der Waals surface area contributed by atoms with Crippen molar-refractivity contribution in [2.45, 2.75) is 0 Å². The smallest absolute Gasteiger partial charge is 0.265 e. The Balaban J connectivity index is 3.71. The van der Waals surface area contributed by atoms with Gasteiger partial charge in [-0.05, 0) is 0 Å². The molecule has 0 unspecified atom stereocenters. The van der Waals surface area contributed by atoms with Crippen LogP contribution in [-0.2, 0) is 10.1 Å². The summed E-state index contributed by atoms with van der Waals surface area (Å²) in [7, 11) is -3.89. The third-order valence-electron chi connectivity index (χ3n) is 0.967. The average molecular weight is 224 g/mol. The highest BCUT2D eigenvalue weighted by Crippen LogP contribution is 2.00. The number of hydrogen-bond acceptors (Lipinski definition) is 4. The Morgan fingerprint density at radius 2 is 2.31 bits per heavy atom. The van der Waals surface area contributed by atoms with Crippen molar-refractivity contribution in [2.24, 2.45) is 10.7 Å². The van der Waals surface area contributed by atoms with E-state index in [1.807, 2.05) is 0 Å². The molecule has 0 rings (SSSR count). The summed E-state index contributed by atoms with van der Waals surface area (Å²) in [6.45, 7) is 3.85. The summed E-state index contributed by atoms with van der Waals surface area (Å²) in [6.07, 6.45) is 1.58. The molecule has 0 amide bonds. The van der Waals surface area contributed by atoms with Crippen LogP contribution in [0.1, 0.15) is 0 Å². The van der Waals surface area contributed by atoms with Crippen LogP contribution in [-0.4, -0.2) is 36.2 Å². The largest absolute Gasteiger partial charge is 0.379 e. The van der Waals surface area contributed by atoms with E-state index in [1.165, 1.54) is 0 Å². The standard InChI is InChI=1S/C6H12N2O3S2/c1-2-3-8-6(7)12-4-5-13(9,10)11/h2H,1,3-5H2,(H2,7,8)(H,9,10,11). The number of thioether (sulfide) groups is 1. The molecule has 7 heteroatoms. The van der Waals surface area contributed by atoms with Gasteiger partial charge in [-0.1, -0.05) is 17.8 Å². The number of rotatable bonds is 5. The molecule has 0 aromatic carbocycles. The van der Waals surface area contributed by atoms with Crippen molar-refractivity contribution >= 4 is 27.0 Å². The fraction of sp³-hybridized carbons (Fsp3) is 0.500. The quantitative estimate of drug-likeness (QED) is 0.299. The van der Waals surface area contributed by atoms with Crippen LogP contribution >= 0.6 is 11.8 Å². The van der Waals surface area contributed by atoms with Crippen LogP contribution in [0.25, 0.3) is 0 Å². The number of amidine groups is 1. The number of hydrogen-bond donors (Lipinski definition) is 2. The van der Waals surface area contributed by atoms with E-state index in [1.54, 1.807) is 6.08 Å². The molecule has 0 bridgehead atoms. The molecule has 0 aromatic rings. The Hall–Kier alpha value is -0.530. The molecule has 0 fully saturated rings. The summed E-state index contributed by atoms with van der Waals surface area (Å²) in [5.74, 6) is -0.118. The molecule has 0 saturated heterocycles. The van der Waals surface area contributed by atoms with Gasteiger partial charge in [-0.2, -0.15) is 8.42 Å². The molecule has 0 spiro atoms. The molecule has 0 aliphatic rings. The van der Waals surface area contributed by atoms with Crippen LogP contribution in [0.5, 0.6) is 0 Å². The lowest BCUT2D eigenvalue weighted by Crippen LogP contribution is -2.12. The van der Waals surface area contributed by atoms with E-state index < -0.39 is 10.1 Å². The number of nitrogens with zero attached hydrogens (tertiary/aromatic N) is 1. The van der Waals surface area contributed by atoms with Gasteiger partial charge in [0.25, 0.3) is 10.1 Å². The fourth-order valence-corrected chi connectivity index (χ4v) is 2.00. The van der Waals surface area contributed by atoms with Gasteiger partial charge in [0.2, 0.25) is 0 Å². The molecule has 0 aliphatic carbocycles. The predicted molar refractivity (Wildman–Crippen MR) is 55.6 cm³/mol. The predicted octanol–water partition coefficient (Wildman–Crippen LogP) is 0.108. The monoisotopic (exact) mass is 224 g/mol. The maximum absolute atomic E-state index is 10.3. The zero-order valence-corrected chi connectivity index (χ0v) is 8.64. The molecule has 0 saturated carbocycles. The molecular weight excluding hydrogens is 212 g/mol. The van der Waals surface area contributed by atoms with E-state index in [9.17, 15) is 8.42 Å². The van der Waals surface area contributed by atoms with Crippen LogP contribution < -0.4 is 5.73 Å². The van der Waals surface area contributed by atoms with Crippen LogP contribution in [0.2, 0.25) is 0 Å². The Labute approximate surface area is 81.9 Å². The van der Waals surface area contributed by atoms with Crippen molar-refractivity contribution in [3.8, 4) is 0 Å². The zero-order valence-electron chi connectivity index (χ0n) is 7.01. The second-order valence-electron chi connectivity index (χ2n) is 2.10. The maximum atomic E-state index is 10.3. The van der Waals surface area contributed by atoms with Gasteiger partial charge >= 0.3 is 0 Å². The van der Waals surface area contributed by atoms with Gasteiger partial charge in [0, 0.05) is 5.75 Å². The molecule has 0 heterocycles. The van der Waals surface area contributed by atoms with E-state index in [4.69, 9.17) is 10.3 Å². The Bertz CT molecular complexity index is 284. The summed E-state index contributed by atoms with van der Waals surface area (Å²) in [5.41, 5.74) is 5.38. The van der Waals surface area contributed by atoms with Crippen molar-refractivity contribution in [3.05, 3.63) is 12.7 Å². The Morgan fingerprint density at radius 3 is 2.77 bits per heavy atom. The second kappa shape index (κ2) is 6.01. The Morgan fingerprint density at radius 1 is 1.69 bits per heavy atom. The summed E-state index contributed by atoms with van der Waals surface area (Å²) >= 11 is 1.08. The minimum absolute atomic E-state index is 0.200. The van der Waals surface area contributed by atoms with Crippen LogP contribution in [0.3, 0.4) is 0 Å². The van der Waals surface area contributed by atoms with Crippen LogP contribution in [0, 0.1) is 0 Å². The highest BCUT2D eigenvalue weighted by atomic mass is 32.2. The molecule has 5 nitrogen and oxygen atoms in total. The third-order valence-corrected chi connectivity index (χ3v) is 2.78. The van der Waals surface area contributed by atoms with Crippen LogP contribution in [0.4, 0.5) is 0 Å².